The molecule has 1 saturated heterocycles. The second-order valence-electron chi connectivity index (χ2n) is 6.05. The number of ether oxygens (including phenoxy) is 1. The summed E-state index contributed by atoms with van der Waals surface area (Å²) in [6.07, 6.45) is 1.73. The number of nitrogens with one attached hydrogen (secondary N) is 1. The number of nitriles is 1. The summed E-state index contributed by atoms with van der Waals surface area (Å²) in [5.74, 6) is 0.00466. The first-order valence-electron chi connectivity index (χ1n) is 8.15. The second-order valence-corrected chi connectivity index (χ2v) is 6.05. The van der Waals surface area contributed by atoms with Crippen molar-refractivity contribution in [3.05, 3.63) is 65.7 Å². The van der Waals surface area contributed by atoms with Crippen molar-refractivity contribution in [2.75, 3.05) is 18.5 Å². The van der Waals surface area contributed by atoms with E-state index in [0.717, 1.165) is 16.8 Å². The number of benzene rings is 2. The van der Waals surface area contributed by atoms with Crippen molar-refractivity contribution >= 4 is 11.6 Å². The Morgan fingerprint density at radius 2 is 1.75 bits per heavy atom. The van der Waals surface area contributed by atoms with Gasteiger partial charge in [-0.2, -0.15) is 5.26 Å². The van der Waals surface area contributed by atoms with Gasteiger partial charge in [0, 0.05) is 18.9 Å². The Morgan fingerprint density at radius 1 is 1.08 bits per heavy atom. The predicted molar refractivity (Wildman–Crippen MR) is 92.6 cm³/mol. The molecule has 4 nitrogen and oxygen atoms in total. The van der Waals surface area contributed by atoms with Crippen molar-refractivity contribution in [3.8, 4) is 6.07 Å². The van der Waals surface area contributed by atoms with Gasteiger partial charge in [-0.3, -0.25) is 4.79 Å². The van der Waals surface area contributed by atoms with Crippen molar-refractivity contribution in [2.45, 2.75) is 24.7 Å². The molecule has 3 rings (SSSR count). The summed E-state index contributed by atoms with van der Waals surface area (Å²) < 4.78 is 5.48. The zero-order valence-electron chi connectivity index (χ0n) is 13.5. The molecule has 0 saturated carbocycles. The van der Waals surface area contributed by atoms with Gasteiger partial charge in [-0.15, -0.1) is 0 Å². The maximum absolute atomic E-state index is 13.1. The van der Waals surface area contributed by atoms with Crippen LogP contribution in [0, 0.1) is 11.3 Å². The Kier molecular flexibility index (Phi) is 4.93. The molecule has 2 aromatic rings. The van der Waals surface area contributed by atoms with E-state index in [1.165, 1.54) is 0 Å². The molecule has 0 radical (unpaired) electrons. The van der Waals surface area contributed by atoms with Crippen molar-refractivity contribution in [3.63, 3.8) is 0 Å². The van der Waals surface area contributed by atoms with Gasteiger partial charge in [-0.25, -0.2) is 0 Å². The molecule has 122 valence electrons. The van der Waals surface area contributed by atoms with E-state index in [9.17, 15) is 4.79 Å². The smallest absolute Gasteiger partial charge is 0.235 e. The van der Waals surface area contributed by atoms with E-state index in [-0.39, 0.29) is 5.91 Å². The number of amides is 1. The molecule has 0 unspecified atom stereocenters. The Labute approximate surface area is 142 Å². The SMILES string of the molecule is N#CCc1ccc(NC(=O)C2(c3ccccc3)CCOCC2)cc1. The maximum Gasteiger partial charge on any atom is 0.235 e. The monoisotopic (exact) mass is 320 g/mol. The normalized spacial score (nSPS) is 16.1. The first kappa shape index (κ1) is 16.2. The largest absolute Gasteiger partial charge is 0.381 e. The number of nitrogens with zero attached hydrogens (tertiary/aromatic N) is 1. The highest BCUT2D eigenvalue weighted by atomic mass is 16.5. The van der Waals surface area contributed by atoms with E-state index >= 15 is 0 Å². The van der Waals surface area contributed by atoms with Gasteiger partial charge >= 0.3 is 0 Å². The minimum Gasteiger partial charge on any atom is -0.381 e. The summed E-state index contributed by atoms with van der Waals surface area (Å²) in [5, 5.41) is 11.8. The molecule has 4 heteroatoms. The van der Waals surface area contributed by atoms with Gasteiger partial charge in [0.25, 0.3) is 0 Å². The van der Waals surface area contributed by atoms with Crippen LogP contribution in [0.2, 0.25) is 0 Å². The van der Waals surface area contributed by atoms with Gasteiger partial charge in [-0.05, 0) is 36.1 Å². The molecule has 24 heavy (non-hydrogen) atoms. The molecule has 0 aliphatic carbocycles. The van der Waals surface area contributed by atoms with Crippen molar-refractivity contribution in [2.24, 2.45) is 0 Å². The predicted octanol–water partition coefficient (Wildman–Crippen LogP) is 3.44. The van der Waals surface area contributed by atoms with Crippen LogP contribution in [-0.2, 0) is 21.4 Å². The molecule has 1 aliphatic heterocycles. The molecule has 0 spiro atoms. The highest BCUT2D eigenvalue weighted by Crippen LogP contribution is 2.36. The Balaban J connectivity index is 1.83. The number of anilines is 1. The van der Waals surface area contributed by atoms with E-state index in [1.54, 1.807) is 0 Å². The fraction of sp³-hybridized carbons (Fsp3) is 0.300. The zero-order chi connectivity index (χ0) is 16.8. The molecule has 1 fully saturated rings. The minimum absolute atomic E-state index is 0.00466. The number of rotatable bonds is 4. The third-order valence-corrected chi connectivity index (χ3v) is 4.60. The van der Waals surface area contributed by atoms with Gasteiger partial charge in [-0.1, -0.05) is 42.5 Å². The average molecular weight is 320 g/mol. The number of hydrogen-bond donors (Lipinski definition) is 1. The summed E-state index contributed by atoms with van der Waals surface area (Å²) in [6.45, 7) is 1.17. The van der Waals surface area contributed by atoms with Crippen molar-refractivity contribution in [1.82, 2.24) is 0 Å². The zero-order valence-corrected chi connectivity index (χ0v) is 13.5. The molecule has 2 aromatic carbocycles. The molecular weight excluding hydrogens is 300 g/mol. The summed E-state index contributed by atoms with van der Waals surface area (Å²) in [5.41, 5.74) is 2.18. The average Bonchev–Trinajstić information content (AvgIpc) is 2.65. The number of carbonyl (C=O) groups is 1. The summed E-state index contributed by atoms with van der Waals surface area (Å²) in [7, 11) is 0. The molecular formula is C20H20N2O2. The molecule has 1 aliphatic rings. The Hall–Kier alpha value is -2.64. The lowest BCUT2D eigenvalue weighted by atomic mass is 9.73. The highest BCUT2D eigenvalue weighted by molar-refractivity contribution is 5.99. The Bertz CT molecular complexity index is 726. The van der Waals surface area contributed by atoms with E-state index in [4.69, 9.17) is 10.00 Å². The summed E-state index contributed by atoms with van der Waals surface area (Å²) in [6, 6.07) is 19.5. The highest BCUT2D eigenvalue weighted by Gasteiger charge is 2.41. The quantitative estimate of drug-likeness (QED) is 0.938. The van der Waals surface area contributed by atoms with Gasteiger partial charge in [0.1, 0.15) is 0 Å². The van der Waals surface area contributed by atoms with Crippen LogP contribution >= 0.6 is 0 Å². The lowest BCUT2D eigenvalue weighted by Gasteiger charge is -2.36. The van der Waals surface area contributed by atoms with E-state index in [1.807, 2.05) is 54.6 Å². The second kappa shape index (κ2) is 7.29. The fourth-order valence-corrected chi connectivity index (χ4v) is 3.17. The van der Waals surface area contributed by atoms with E-state index in [2.05, 4.69) is 11.4 Å². The third-order valence-electron chi connectivity index (χ3n) is 4.60. The lowest BCUT2D eigenvalue weighted by molar-refractivity contribution is -0.125. The van der Waals surface area contributed by atoms with Crippen LogP contribution in [0.5, 0.6) is 0 Å². The fourth-order valence-electron chi connectivity index (χ4n) is 3.17. The van der Waals surface area contributed by atoms with E-state index in [0.29, 0.717) is 32.5 Å². The van der Waals surface area contributed by atoms with Crippen LogP contribution < -0.4 is 5.32 Å². The van der Waals surface area contributed by atoms with Gasteiger partial charge in [0.2, 0.25) is 5.91 Å². The number of hydrogen-bond acceptors (Lipinski definition) is 3. The van der Waals surface area contributed by atoms with Gasteiger partial charge in [0.15, 0.2) is 0 Å². The minimum atomic E-state index is -0.551. The molecule has 1 heterocycles. The maximum atomic E-state index is 13.1. The molecule has 1 amide bonds. The molecule has 1 N–H and O–H groups in total. The first-order chi connectivity index (χ1) is 11.7. The van der Waals surface area contributed by atoms with Gasteiger partial charge in [0.05, 0.1) is 17.9 Å². The van der Waals surface area contributed by atoms with Crippen LogP contribution in [0.3, 0.4) is 0 Å². The standard InChI is InChI=1S/C20H20N2O2/c21-13-10-16-6-8-18(9-7-16)22-19(23)20(11-14-24-15-12-20)17-4-2-1-3-5-17/h1-9H,10-12,14-15H2,(H,22,23). The summed E-state index contributed by atoms with van der Waals surface area (Å²) in [4.78, 5) is 13.1. The van der Waals surface area contributed by atoms with Crippen molar-refractivity contribution in [1.29, 1.82) is 5.26 Å². The Morgan fingerprint density at radius 3 is 2.38 bits per heavy atom. The number of carbonyl (C=O) groups excluding carboxylic acids is 1. The van der Waals surface area contributed by atoms with Crippen LogP contribution in [-0.4, -0.2) is 19.1 Å². The molecule has 0 aromatic heterocycles. The topological polar surface area (TPSA) is 62.1 Å². The first-order valence-corrected chi connectivity index (χ1v) is 8.15. The van der Waals surface area contributed by atoms with Crippen LogP contribution in [0.4, 0.5) is 5.69 Å². The van der Waals surface area contributed by atoms with Crippen LogP contribution in [0.15, 0.2) is 54.6 Å². The van der Waals surface area contributed by atoms with Crippen molar-refractivity contribution < 1.29 is 9.53 Å². The van der Waals surface area contributed by atoms with E-state index < -0.39 is 5.41 Å². The lowest BCUT2D eigenvalue weighted by Crippen LogP contribution is -2.44. The van der Waals surface area contributed by atoms with Crippen LogP contribution in [0.25, 0.3) is 0 Å². The third kappa shape index (κ3) is 3.32. The summed E-state index contributed by atoms with van der Waals surface area (Å²) >= 11 is 0. The van der Waals surface area contributed by atoms with Crippen LogP contribution in [0.1, 0.15) is 24.0 Å². The molecule has 0 bridgehead atoms. The molecule has 0 atom stereocenters. The van der Waals surface area contributed by atoms with Gasteiger partial charge < -0.3 is 10.1 Å².